The van der Waals surface area contributed by atoms with Gasteiger partial charge in [-0.2, -0.15) is 0 Å². The van der Waals surface area contributed by atoms with Crippen LogP contribution in [0.4, 0.5) is 0 Å². The van der Waals surface area contributed by atoms with Gasteiger partial charge in [0.05, 0.1) is 0 Å². The summed E-state index contributed by atoms with van der Waals surface area (Å²) < 4.78 is 0. The van der Waals surface area contributed by atoms with Gasteiger partial charge < -0.3 is 0 Å². The second-order valence-corrected chi connectivity index (χ2v) is 6.97. The van der Waals surface area contributed by atoms with Crippen molar-refractivity contribution in [1.82, 2.24) is 4.98 Å². The normalized spacial score (nSPS) is 13.6. The number of pyridine rings is 1. The van der Waals surface area contributed by atoms with E-state index in [0.29, 0.717) is 11.3 Å². The van der Waals surface area contributed by atoms with E-state index >= 15 is 0 Å². The first-order valence-corrected chi connectivity index (χ1v) is 7.10. The van der Waals surface area contributed by atoms with Crippen LogP contribution in [0.3, 0.4) is 0 Å². The van der Waals surface area contributed by atoms with Crippen molar-refractivity contribution in [3.8, 4) is 0 Å². The number of hydrogen-bond acceptors (Lipinski definition) is 1. The highest BCUT2D eigenvalue weighted by Gasteiger charge is 2.30. The van der Waals surface area contributed by atoms with E-state index < -0.39 is 0 Å². The van der Waals surface area contributed by atoms with Gasteiger partial charge in [0.15, 0.2) is 0 Å². The van der Waals surface area contributed by atoms with E-state index in [-0.39, 0.29) is 5.41 Å². The Morgan fingerprint density at radius 3 is 1.94 bits per heavy atom. The largest absolute Gasteiger partial charge is 0.264 e. The van der Waals surface area contributed by atoms with Gasteiger partial charge in [-0.15, -0.1) is 0 Å². The van der Waals surface area contributed by atoms with Gasteiger partial charge in [0, 0.05) is 12.4 Å². The molecule has 0 aromatic carbocycles. The van der Waals surface area contributed by atoms with E-state index in [4.69, 9.17) is 0 Å². The smallest absolute Gasteiger partial charge is 0.0302 e. The maximum atomic E-state index is 4.25. The predicted molar refractivity (Wildman–Crippen MR) is 81.9 cm³/mol. The van der Waals surface area contributed by atoms with Crippen molar-refractivity contribution in [2.75, 3.05) is 0 Å². The molecule has 0 aliphatic rings. The number of hydrogen-bond donors (Lipinski definition) is 0. The second-order valence-electron chi connectivity index (χ2n) is 6.97. The summed E-state index contributed by atoms with van der Waals surface area (Å²) in [6, 6.07) is 4.24. The zero-order valence-corrected chi connectivity index (χ0v) is 13.5. The van der Waals surface area contributed by atoms with Crippen molar-refractivity contribution >= 4 is 0 Å². The van der Waals surface area contributed by atoms with Gasteiger partial charge in [-0.3, -0.25) is 4.98 Å². The average molecular weight is 249 g/mol. The van der Waals surface area contributed by atoms with Crippen LogP contribution < -0.4 is 0 Å². The number of rotatable bonds is 2. The summed E-state index contributed by atoms with van der Waals surface area (Å²) in [5, 5.41) is 0. The molecule has 104 valence electrons. The molecule has 1 heteroatoms. The van der Waals surface area contributed by atoms with Crippen molar-refractivity contribution in [3.05, 3.63) is 30.1 Å². The molecule has 0 aliphatic heterocycles. The molecule has 0 bridgehead atoms. The predicted octanol–water partition coefficient (Wildman–Crippen LogP) is 5.67. The molecule has 1 nitrogen and oxygen atoms in total. The first-order valence-electron chi connectivity index (χ1n) is 7.10. The van der Waals surface area contributed by atoms with Crippen LogP contribution in [-0.4, -0.2) is 4.98 Å². The monoisotopic (exact) mass is 249 g/mol. The standard InChI is InChI=1S/C15H25N.C2H6/c1-14(2,3)10-13(15(4,5)6)12-8-7-9-16-11-12;1-2/h7-9,11,13H,10H2,1-6H3;1-2H3. The van der Waals surface area contributed by atoms with E-state index in [0.717, 1.165) is 0 Å². The van der Waals surface area contributed by atoms with Gasteiger partial charge in [-0.05, 0) is 34.8 Å². The van der Waals surface area contributed by atoms with Gasteiger partial charge in [-0.1, -0.05) is 61.5 Å². The SMILES string of the molecule is CC.CC(C)(C)CC(c1cccnc1)C(C)(C)C. The van der Waals surface area contributed by atoms with Crippen LogP contribution in [0.15, 0.2) is 24.5 Å². The number of nitrogens with zero attached hydrogens (tertiary/aromatic N) is 1. The molecule has 1 aromatic heterocycles. The molecule has 0 fully saturated rings. The Hall–Kier alpha value is -0.850. The molecule has 0 radical (unpaired) electrons. The van der Waals surface area contributed by atoms with Crippen LogP contribution >= 0.6 is 0 Å². The molecule has 1 atom stereocenters. The fourth-order valence-electron chi connectivity index (χ4n) is 2.12. The molecule has 0 saturated heterocycles. The van der Waals surface area contributed by atoms with E-state index in [1.165, 1.54) is 12.0 Å². The van der Waals surface area contributed by atoms with Gasteiger partial charge in [0.1, 0.15) is 0 Å². The Morgan fingerprint density at radius 1 is 1.06 bits per heavy atom. The van der Waals surface area contributed by atoms with Crippen LogP contribution in [-0.2, 0) is 0 Å². The lowest BCUT2D eigenvalue weighted by molar-refractivity contribution is 0.229. The molecule has 0 aliphatic carbocycles. The fraction of sp³-hybridized carbons (Fsp3) is 0.706. The molecular weight excluding hydrogens is 218 g/mol. The summed E-state index contributed by atoms with van der Waals surface area (Å²) in [5.74, 6) is 0.571. The minimum absolute atomic E-state index is 0.288. The maximum absolute atomic E-state index is 4.25. The molecule has 0 amide bonds. The lowest BCUT2D eigenvalue weighted by Crippen LogP contribution is -2.23. The Kier molecular flexibility index (Phi) is 6.59. The highest BCUT2D eigenvalue weighted by molar-refractivity contribution is 5.17. The Balaban J connectivity index is 0.00000137. The molecule has 0 saturated carbocycles. The fourth-order valence-corrected chi connectivity index (χ4v) is 2.12. The molecule has 18 heavy (non-hydrogen) atoms. The molecule has 1 heterocycles. The van der Waals surface area contributed by atoms with E-state index in [1.807, 2.05) is 32.3 Å². The topological polar surface area (TPSA) is 12.9 Å². The number of aromatic nitrogens is 1. The van der Waals surface area contributed by atoms with Crippen LogP contribution in [0.2, 0.25) is 0 Å². The van der Waals surface area contributed by atoms with Crippen molar-refractivity contribution in [1.29, 1.82) is 0 Å². The lowest BCUT2D eigenvalue weighted by Gasteiger charge is -2.35. The first-order chi connectivity index (χ1) is 8.20. The minimum Gasteiger partial charge on any atom is -0.264 e. The van der Waals surface area contributed by atoms with Crippen LogP contribution in [0.5, 0.6) is 0 Å². The molecular formula is C17H31N. The summed E-state index contributed by atoms with van der Waals surface area (Å²) in [5.41, 5.74) is 2.01. The van der Waals surface area contributed by atoms with Gasteiger partial charge in [-0.25, -0.2) is 0 Å². The Labute approximate surface area is 114 Å². The van der Waals surface area contributed by atoms with Crippen molar-refractivity contribution in [2.24, 2.45) is 10.8 Å². The van der Waals surface area contributed by atoms with Gasteiger partial charge in [0.2, 0.25) is 0 Å². The summed E-state index contributed by atoms with van der Waals surface area (Å²) in [6.45, 7) is 17.9. The third kappa shape index (κ3) is 6.18. The first kappa shape index (κ1) is 17.2. The van der Waals surface area contributed by atoms with Crippen LogP contribution in [0.1, 0.15) is 73.3 Å². The van der Waals surface area contributed by atoms with Gasteiger partial charge in [0.25, 0.3) is 0 Å². The molecule has 1 rings (SSSR count). The Morgan fingerprint density at radius 2 is 1.61 bits per heavy atom. The second kappa shape index (κ2) is 6.92. The van der Waals surface area contributed by atoms with Crippen LogP contribution in [0, 0.1) is 10.8 Å². The lowest BCUT2D eigenvalue weighted by atomic mass is 9.69. The quantitative estimate of drug-likeness (QED) is 0.657. The Bertz CT molecular complexity index is 314. The summed E-state index contributed by atoms with van der Waals surface area (Å²) in [4.78, 5) is 4.25. The average Bonchev–Trinajstić information content (AvgIpc) is 2.27. The van der Waals surface area contributed by atoms with E-state index in [9.17, 15) is 0 Å². The van der Waals surface area contributed by atoms with Crippen molar-refractivity contribution < 1.29 is 0 Å². The summed E-state index contributed by atoms with van der Waals surface area (Å²) in [7, 11) is 0. The third-order valence-corrected chi connectivity index (χ3v) is 2.95. The van der Waals surface area contributed by atoms with E-state index in [1.54, 1.807) is 0 Å². The minimum atomic E-state index is 0.288. The third-order valence-electron chi connectivity index (χ3n) is 2.95. The van der Waals surface area contributed by atoms with Crippen molar-refractivity contribution in [3.63, 3.8) is 0 Å². The van der Waals surface area contributed by atoms with Crippen LogP contribution in [0.25, 0.3) is 0 Å². The molecule has 1 unspecified atom stereocenters. The molecule has 0 N–H and O–H groups in total. The zero-order chi connectivity index (χ0) is 14.4. The molecule has 0 spiro atoms. The summed E-state index contributed by atoms with van der Waals surface area (Å²) >= 11 is 0. The summed E-state index contributed by atoms with van der Waals surface area (Å²) in [6.07, 6.45) is 5.06. The van der Waals surface area contributed by atoms with Gasteiger partial charge >= 0.3 is 0 Å². The molecule has 1 aromatic rings. The maximum Gasteiger partial charge on any atom is 0.0302 e. The zero-order valence-electron chi connectivity index (χ0n) is 13.5. The van der Waals surface area contributed by atoms with E-state index in [2.05, 4.69) is 52.6 Å². The van der Waals surface area contributed by atoms with Crippen molar-refractivity contribution in [2.45, 2.75) is 67.7 Å². The highest BCUT2D eigenvalue weighted by atomic mass is 14.6. The highest BCUT2D eigenvalue weighted by Crippen LogP contribution is 2.42.